The van der Waals surface area contributed by atoms with Crippen molar-refractivity contribution in [1.82, 2.24) is 0 Å². The number of hydrogen-bond acceptors (Lipinski definition) is 1. The van der Waals surface area contributed by atoms with E-state index in [1.807, 2.05) is 0 Å². The highest BCUT2D eigenvalue weighted by Gasteiger charge is 2.16. The van der Waals surface area contributed by atoms with Crippen molar-refractivity contribution in [3.8, 4) is 5.75 Å². The van der Waals surface area contributed by atoms with Crippen molar-refractivity contribution in [3.63, 3.8) is 0 Å². The maximum atomic E-state index is 5.87. The lowest BCUT2D eigenvalue weighted by Gasteiger charge is -2.24. The van der Waals surface area contributed by atoms with Gasteiger partial charge in [-0.05, 0) is 67.2 Å². The summed E-state index contributed by atoms with van der Waals surface area (Å²) >= 11 is 0. The van der Waals surface area contributed by atoms with E-state index in [0.29, 0.717) is 0 Å². The summed E-state index contributed by atoms with van der Waals surface area (Å²) in [6.07, 6.45) is 16.9. The molecule has 146 valence electrons. The van der Waals surface area contributed by atoms with Gasteiger partial charge in [0.1, 0.15) is 5.75 Å². The summed E-state index contributed by atoms with van der Waals surface area (Å²) in [6.45, 7) is 7.77. The van der Waals surface area contributed by atoms with E-state index in [0.717, 1.165) is 24.2 Å². The maximum Gasteiger partial charge on any atom is 0.119 e. The van der Waals surface area contributed by atoms with E-state index in [4.69, 9.17) is 4.74 Å². The molecule has 1 aliphatic carbocycles. The minimum atomic E-state index is 0.847. The first kappa shape index (κ1) is 21.1. The van der Waals surface area contributed by atoms with Crippen LogP contribution in [0.2, 0.25) is 0 Å². The van der Waals surface area contributed by atoms with E-state index in [1.54, 1.807) is 5.57 Å². The normalized spacial score (nSPS) is 17.4. The molecule has 0 bridgehead atoms. The van der Waals surface area contributed by atoms with Crippen LogP contribution < -0.4 is 4.74 Å². The second-order valence-corrected chi connectivity index (χ2v) is 8.06. The molecule has 1 atom stereocenters. The fourth-order valence-electron chi connectivity index (χ4n) is 4.07. The fourth-order valence-corrected chi connectivity index (χ4v) is 4.07. The van der Waals surface area contributed by atoms with Gasteiger partial charge in [0.25, 0.3) is 0 Å². The van der Waals surface area contributed by atoms with Crippen molar-refractivity contribution in [2.75, 3.05) is 6.61 Å². The average molecular weight is 357 g/mol. The smallest absolute Gasteiger partial charge is 0.119 e. The number of benzene rings is 1. The molecule has 0 spiro atoms. The molecule has 0 heterocycles. The van der Waals surface area contributed by atoms with Crippen molar-refractivity contribution >= 4 is 5.57 Å². The van der Waals surface area contributed by atoms with E-state index < -0.39 is 0 Å². The fraction of sp³-hybridized carbons (Fsp3) is 0.680. The number of ether oxygens (including phenoxy) is 1. The van der Waals surface area contributed by atoms with Crippen LogP contribution in [0, 0.1) is 11.8 Å². The Morgan fingerprint density at radius 3 is 2.38 bits per heavy atom. The lowest BCUT2D eigenvalue weighted by atomic mass is 9.82. The standard InChI is InChI=1S/C25H40O/c1-4-7-8-9-20-26-25-18-16-24(17-19-25)23-14-12-22(13-15-23)11-10-21(5-2)6-3/h14,16-19,21-22H,4-13,15,20H2,1-3H3. The zero-order valence-electron chi connectivity index (χ0n) is 17.4. The molecule has 26 heavy (non-hydrogen) atoms. The van der Waals surface area contributed by atoms with Gasteiger partial charge in [0, 0.05) is 0 Å². The Hall–Kier alpha value is -1.24. The van der Waals surface area contributed by atoms with Crippen molar-refractivity contribution in [2.24, 2.45) is 11.8 Å². The first-order valence-electron chi connectivity index (χ1n) is 11.2. The minimum Gasteiger partial charge on any atom is -0.494 e. The Balaban J connectivity index is 1.75. The molecule has 0 radical (unpaired) electrons. The third-order valence-corrected chi connectivity index (χ3v) is 6.15. The topological polar surface area (TPSA) is 9.23 Å². The van der Waals surface area contributed by atoms with Gasteiger partial charge in [-0.25, -0.2) is 0 Å². The predicted octanol–water partition coefficient (Wildman–Crippen LogP) is 8.05. The molecule has 0 amide bonds. The van der Waals surface area contributed by atoms with E-state index in [9.17, 15) is 0 Å². The Bertz CT molecular complexity index is 509. The highest BCUT2D eigenvalue weighted by Crippen LogP contribution is 2.34. The Morgan fingerprint density at radius 2 is 1.77 bits per heavy atom. The molecule has 1 heteroatoms. The van der Waals surface area contributed by atoms with Crippen LogP contribution in [0.25, 0.3) is 5.57 Å². The second-order valence-electron chi connectivity index (χ2n) is 8.06. The highest BCUT2D eigenvalue weighted by atomic mass is 16.5. The Labute approximate surface area is 162 Å². The van der Waals surface area contributed by atoms with Gasteiger partial charge in [0.2, 0.25) is 0 Å². The summed E-state index contributed by atoms with van der Waals surface area (Å²) in [6, 6.07) is 8.79. The van der Waals surface area contributed by atoms with Crippen molar-refractivity contribution in [3.05, 3.63) is 35.9 Å². The van der Waals surface area contributed by atoms with Crippen molar-refractivity contribution < 1.29 is 4.74 Å². The summed E-state index contributed by atoms with van der Waals surface area (Å²) in [5, 5.41) is 0. The molecule has 0 fully saturated rings. The first-order chi connectivity index (χ1) is 12.8. The molecule has 1 unspecified atom stereocenters. The monoisotopic (exact) mass is 356 g/mol. The minimum absolute atomic E-state index is 0.847. The lowest BCUT2D eigenvalue weighted by Crippen LogP contribution is -2.08. The number of unbranched alkanes of at least 4 members (excludes halogenated alkanes) is 3. The largest absolute Gasteiger partial charge is 0.494 e. The van der Waals surface area contributed by atoms with Crippen LogP contribution in [0.5, 0.6) is 5.75 Å². The second kappa shape index (κ2) is 12.2. The summed E-state index contributed by atoms with van der Waals surface area (Å²) in [5.74, 6) is 2.87. The van der Waals surface area contributed by atoms with Crippen LogP contribution in [-0.2, 0) is 0 Å². The summed E-state index contributed by atoms with van der Waals surface area (Å²) in [7, 11) is 0. The molecule has 0 aromatic heterocycles. The quantitative estimate of drug-likeness (QED) is 0.344. The van der Waals surface area contributed by atoms with Crippen LogP contribution in [-0.4, -0.2) is 6.61 Å². The Morgan fingerprint density at radius 1 is 1.00 bits per heavy atom. The third kappa shape index (κ3) is 7.17. The van der Waals surface area contributed by atoms with Crippen LogP contribution in [0.3, 0.4) is 0 Å². The molecule has 1 aromatic carbocycles. The molecule has 0 saturated heterocycles. The average Bonchev–Trinajstić information content (AvgIpc) is 2.70. The van der Waals surface area contributed by atoms with Crippen LogP contribution >= 0.6 is 0 Å². The van der Waals surface area contributed by atoms with Gasteiger partial charge in [-0.15, -0.1) is 0 Å². The highest BCUT2D eigenvalue weighted by molar-refractivity contribution is 5.66. The molecule has 1 aliphatic rings. The van der Waals surface area contributed by atoms with Gasteiger partial charge in [-0.2, -0.15) is 0 Å². The maximum absolute atomic E-state index is 5.87. The molecular formula is C25H40O. The van der Waals surface area contributed by atoms with Gasteiger partial charge < -0.3 is 4.74 Å². The van der Waals surface area contributed by atoms with E-state index in [1.165, 1.54) is 76.2 Å². The van der Waals surface area contributed by atoms with Gasteiger partial charge in [-0.1, -0.05) is 77.5 Å². The number of hydrogen-bond donors (Lipinski definition) is 0. The van der Waals surface area contributed by atoms with Gasteiger partial charge >= 0.3 is 0 Å². The molecule has 0 N–H and O–H groups in total. The molecule has 1 nitrogen and oxygen atoms in total. The lowest BCUT2D eigenvalue weighted by molar-refractivity contribution is 0.305. The van der Waals surface area contributed by atoms with Crippen LogP contribution in [0.4, 0.5) is 0 Å². The molecule has 0 aliphatic heterocycles. The van der Waals surface area contributed by atoms with Crippen LogP contribution in [0.15, 0.2) is 30.3 Å². The van der Waals surface area contributed by atoms with Gasteiger partial charge in [0.05, 0.1) is 6.61 Å². The van der Waals surface area contributed by atoms with Gasteiger partial charge in [-0.3, -0.25) is 0 Å². The third-order valence-electron chi connectivity index (χ3n) is 6.15. The molecular weight excluding hydrogens is 316 g/mol. The van der Waals surface area contributed by atoms with Gasteiger partial charge in [0.15, 0.2) is 0 Å². The van der Waals surface area contributed by atoms with Crippen LogP contribution in [0.1, 0.15) is 97.0 Å². The number of allylic oxidation sites excluding steroid dienone is 2. The van der Waals surface area contributed by atoms with Crippen molar-refractivity contribution in [1.29, 1.82) is 0 Å². The summed E-state index contributed by atoms with van der Waals surface area (Å²) in [5.41, 5.74) is 2.93. The Kier molecular flexibility index (Phi) is 9.89. The predicted molar refractivity (Wildman–Crippen MR) is 115 cm³/mol. The molecule has 0 saturated carbocycles. The van der Waals surface area contributed by atoms with E-state index in [-0.39, 0.29) is 0 Å². The zero-order valence-corrected chi connectivity index (χ0v) is 17.4. The first-order valence-corrected chi connectivity index (χ1v) is 11.2. The summed E-state index contributed by atoms with van der Waals surface area (Å²) < 4.78 is 5.87. The van der Waals surface area contributed by atoms with Crippen molar-refractivity contribution in [2.45, 2.75) is 91.4 Å². The molecule has 1 aromatic rings. The van der Waals surface area contributed by atoms with E-state index in [2.05, 4.69) is 51.1 Å². The van der Waals surface area contributed by atoms with E-state index >= 15 is 0 Å². The number of rotatable bonds is 12. The SMILES string of the molecule is CCCCCCOc1ccc(C2=CCC(CCC(CC)CC)CC2)cc1. The summed E-state index contributed by atoms with van der Waals surface area (Å²) in [4.78, 5) is 0. The zero-order chi connectivity index (χ0) is 18.6. The molecule has 2 rings (SSSR count).